The van der Waals surface area contributed by atoms with Gasteiger partial charge in [0.25, 0.3) is 5.56 Å². The van der Waals surface area contributed by atoms with Gasteiger partial charge >= 0.3 is 5.97 Å². The number of carbonyl (C=O) groups excluding carboxylic acids is 1. The van der Waals surface area contributed by atoms with Gasteiger partial charge in [-0.1, -0.05) is 12.1 Å². The number of aryl methyl sites for hydroxylation is 1. The first-order valence-electron chi connectivity index (χ1n) is 8.55. The molecule has 0 aliphatic carbocycles. The van der Waals surface area contributed by atoms with E-state index in [4.69, 9.17) is 4.74 Å². The molecule has 1 aromatic carbocycles. The van der Waals surface area contributed by atoms with Gasteiger partial charge in [0.05, 0.1) is 29.1 Å². The van der Waals surface area contributed by atoms with Gasteiger partial charge < -0.3 is 10.1 Å². The number of aromatic nitrogens is 2. The molecule has 1 aliphatic rings. The van der Waals surface area contributed by atoms with Crippen molar-refractivity contribution in [2.24, 2.45) is 0 Å². The molecule has 0 saturated heterocycles. The zero-order chi connectivity index (χ0) is 19.6. The van der Waals surface area contributed by atoms with Crippen LogP contribution < -0.4 is 10.9 Å². The van der Waals surface area contributed by atoms with Crippen molar-refractivity contribution in [2.45, 2.75) is 37.5 Å². The summed E-state index contributed by atoms with van der Waals surface area (Å²) >= 11 is 0. The minimum atomic E-state index is -1.54. The van der Waals surface area contributed by atoms with Crippen molar-refractivity contribution in [1.29, 1.82) is 0 Å². The molecule has 0 radical (unpaired) electrons. The van der Waals surface area contributed by atoms with Crippen LogP contribution in [0.1, 0.15) is 30.6 Å². The molecule has 7 nitrogen and oxygen atoms in total. The lowest BCUT2D eigenvalue weighted by atomic mass is 9.96. The number of rotatable bonds is 5. The van der Waals surface area contributed by atoms with Gasteiger partial charge in [-0.15, -0.1) is 0 Å². The highest BCUT2D eigenvalue weighted by Gasteiger charge is 2.27. The predicted molar refractivity (Wildman–Crippen MR) is 98.5 cm³/mol. The standard InChI is InChI=1S/C18H20FN3O4S/c1-3-26-15(23)10-22-17(24)16-14(21-18(22)27(2)25)9-8-13(20-16)11-4-6-12(19)7-5-11/h4-7,13,20H,3,8-10H2,1-2H3. The van der Waals surface area contributed by atoms with Gasteiger partial charge in [-0.05, 0) is 37.5 Å². The van der Waals surface area contributed by atoms with Gasteiger partial charge in [-0.25, -0.2) is 9.37 Å². The van der Waals surface area contributed by atoms with Crippen molar-refractivity contribution in [3.05, 3.63) is 51.7 Å². The van der Waals surface area contributed by atoms with Crippen LogP contribution in [0.5, 0.6) is 0 Å². The average molecular weight is 393 g/mol. The summed E-state index contributed by atoms with van der Waals surface area (Å²) in [6, 6.07) is 5.89. The summed E-state index contributed by atoms with van der Waals surface area (Å²) < 4.78 is 31.2. The second-order valence-corrected chi connectivity index (χ2v) is 7.43. The van der Waals surface area contributed by atoms with Gasteiger partial charge in [0.2, 0.25) is 5.16 Å². The number of esters is 1. The molecule has 0 amide bonds. The van der Waals surface area contributed by atoms with Crippen LogP contribution in [0, 0.1) is 5.82 Å². The summed E-state index contributed by atoms with van der Waals surface area (Å²) in [6.07, 6.45) is 2.57. The van der Waals surface area contributed by atoms with Crippen LogP contribution in [0.4, 0.5) is 10.1 Å². The molecule has 144 valence electrons. The Hall–Kier alpha value is -2.55. The fourth-order valence-corrected chi connectivity index (χ4v) is 3.77. The van der Waals surface area contributed by atoms with Gasteiger partial charge in [-0.2, -0.15) is 0 Å². The first kappa shape index (κ1) is 19.2. The van der Waals surface area contributed by atoms with E-state index in [9.17, 15) is 18.2 Å². The molecule has 2 heterocycles. The summed E-state index contributed by atoms with van der Waals surface area (Å²) in [4.78, 5) is 29.2. The first-order valence-corrected chi connectivity index (χ1v) is 10.1. The summed E-state index contributed by atoms with van der Waals surface area (Å²) in [5.41, 5.74) is 1.17. The van der Waals surface area contributed by atoms with E-state index >= 15 is 0 Å². The molecule has 0 saturated carbocycles. The maximum atomic E-state index is 13.2. The van der Waals surface area contributed by atoms with Gasteiger partial charge in [0, 0.05) is 6.26 Å². The van der Waals surface area contributed by atoms with Crippen molar-refractivity contribution in [3.8, 4) is 0 Å². The quantitative estimate of drug-likeness (QED) is 0.615. The number of hydrogen-bond acceptors (Lipinski definition) is 6. The summed E-state index contributed by atoms with van der Waals surface area (Å²) in [5.74, 6) is -0.928. The zero-order valence-corrected chi connectivity index (χ0v) is 15.8. The van der Waals surface area contributed by atoms with Gasteiger partial charge in [0.15, 0.2) is 0 Å². The minimum Gasteiger partial charge on any atom is -0.465 e. The summed E-state index contributed by atoms with van der Waals surface area (Å²) in [6.45, 7) is 1.49. The fourth-order valence-electron chi connectivity index (χ4n) is 3.07. The Kier molecular flexibility index (Phi) is 5.69. The number of carbonyl (C=O) groups is 1. The Bertz CT molecular complexity index is 943. The van der Waals surface area contributed by atoms with Crippen molar-refractivity contribution in [3.63, 3.8) is 0 Å². The number of nitrogens with zero attached hydrogens (tertiary/aromatic N) is 2. The number of nitrogens with one attached hydrogen (secondary N) is 1. The van der Waals surface area contributed by atoms with Crippen LogP contribution in [0.15, 0.2) is 34.2 Å². The smallest absolute Gasteiger partial charge is 0.326 e. The Balaban J connectivity index is 1.99. The predicted octanol–water partition coefficient (Wildman–Crippen LogP) is 1.78. The molecule has 0 fully saturated rings. The molecular weight excluding hydrogens is 373 g/mol. The topological polar surface area (TPSA) is 90.3 Å². The molecule has 9 heteroatoms. The molecule has 0 spiro atoms. The molecule has 1 aliphatic heterocycles. The van der Waals surface area contributed by atoms with E-state index < -0.39 is 22.3 Å². The van der Waals surface area contributed by atoms with E-state index in [1.54, 1.807) is 19.1 Å². The van der Waals surface area contributed by atoms with E-state index in [0.717, 1.165) is 10.1 Å². The molecule has 1 N–H and O–H groups in total. The number of anilines is 1. The highest BCUT2D eigenvalue weighted by molar-refractivity contribution is 7.84. The molecule has 2 aromatic rings. The molecule has 3 rings (SSSR count). The Morgan fingerprint density at radius 3 is 2.74 bits per heavy atom. The van der Waals surface area contributed by atoms with Crippen LogP contribution in [0.25, 0.3) is 0 Å². The fraction of sp³-hybridized carbons (Fsp3) is 0.389. The van der Waals surface area contributed by atoms with Crippen LogP contribution in [-0.2, 0) is 33.3 Å². The summed E-state index contributed by atoms with van der Waals surface area (Å²) in [5, 5.41) is 3.19. The van der Waals surface area contributed by atoms with E-state index in [-0.39, 0.29) is 35.9 Å². The largest absolute Gasteiger partial charge is 0.465 e. The van der Waals surface area contributed by atoms with E-state index in [0.29, 0.717) is 18.5 Å². The molecular formula is C18H20FN3O4S. The Labute approximate surface area is 158 Å². The normalized spacial score (nSPS) is 16.9. The maximum Gasteiger partial charge on any atom is 0.326 e. The number of hydrogen-bond donors (Lipinski definition) is 1. The van der Waals surface area contributed by atoms with E-state index in [1.807, 2.05) is 0 Å². The number of ether oxygens (including phenoxy) is 1. The Morgan fingerprint density at radius 2 is 2.11 bits per heavy atom. The number of fused-ring (bicyclic) bond motifs is 1. The van der Waals surface area contributed by atoms with Crippen molar-refractivity contribution < 1.29 is 18.1 Å². The monoisotopic (exact) mass is 393 g/mol. The van der Waals surface area contributed by atoms with E-state index in [1.165, 1.54) is 18.4 Å². The van der Waals surface area contributed by atoms with Crippen LogP contribution in [0.2, 0.25) is 0 Å². The second kappa shape index (κ2) is 7.99. The maximum absolute atomic E-state index is 13.2. The minimum absolute atomic E-state index is 0.0498. The molecule has 1 aromatic heterocycles. The highest BCUT2D eigenvalue weighted by Crippen LogP contribution is 2.30. The van der Waals surface area contributed by atoms with Crippen LogP contribution in [0.3, 0.4) is 0 Å². The molecule has 2 atom stereocenters. The molecule has 27 heavy (non-hydrogen) atoms. The van der Waals surface area contributed by atoms with Gasteiger partial charge in [-0.3, -0.25) is 18.4 Å². The SMILES string of the molecule is CCOC(=O)Cn1c(S(C)=O)nc2c(c1=O)NC(c1ccc(F)cc1)CC2. The van der Waals surface area contributed by atoms with Crippen molar-refractivity contribution in [1.82, 2.24) is 9.55 Å². The van der Waals surface area contributed by atoms with Crippen molar-refractivity contribution >= 4 is 22.5 Å². The molecule has 0 bridgehead atoms. The zero-order valence-electron chi connectivity index (χ0n) is 15.0. The third-order valence-electron chi connectivity index (χ3n) is 4.32. The van der Waals surface area contributed by atoms with Gasteiger partial charge in [0.1, 0.15) is 18.0 Å². The molecule has 2 unspecified atom stereocenters. The number of halogens is 1. The summed E-state index contributed by atoms with van der Waals surface area (Å²) in [7, 11) is -1.54. The lowest BCUT2D eigenvalue weighted by Gasteiger charge is -2.27. The van der Waals surface area contributed by atoms with Crippen molar-refractivity contribution in [2.75, 3.05) is 18.2 Å². The van der Waals surface area contributed by atoms with Crippen LogP contribution >= 0.6 is 0 Å². The highest BCUT2D eigenvalue weighted by atomic mass is 32.2. The lowest BCUT2D eigenvalue weighted by Crippen LogP contribution is -2.35. The lowest BCUT2D eigenvalue weighted by molar-refractivity contribution is -0.144. The number of benzene rings is 1. The second-order valence-electron chi connectivity index (χ2n) is 6.15. The van der Waals surface area contributed by atoms with E-state index in [2.05, 4.69) is 10.3 Å². The first-order chi connectivity index (χ1) is 12.9. The third-order valence-corrected chi connectivity index (χ3v) is 5.15. The third kappa shape index (κ3) is 4.08. The average Bonchev–Trinajstić information content (AvgIpc) is 2.64. The van der Waals surface area contributed by atoms with Crippen LogP contribution in [-0.4, -0.2) is 32.6 Å². The Morgan fingerprint density at radius 1 is 1.41 bits per heavy atom.